The third kappa shape index (κ3) is 4.88. The summed E-state index contributed by atoms with van der Waals surface area (Å²) in [5.74, 6) is 1.53. The van der Waals surface area contributed by atoms with E-state index in [1.165, 1.54) is 12.1 Å². The lowest BCUT2D eigenvalue weighted by Gasteiger charge is -2.01. The quantitative estimate of drug-likeness (QED) is 0.583. The second-order valence-electron chi connectivity index (χ2n) is 3.42. The Labute approximate surface area is 117 Å². The normalized spacial score (nSPS) is 10.5. The van der Waals surface area contributed by atoms with E-state index in [1.54, 1.807) is 50.0 Å². The molecule has 1 heterocycles. The summed E-state index contributed by atoms with van der Waals surface area (Å²) in [4.78, 5) is 8.21. The molecule has 0 fully saturated rings. The van der Waals surface area contributed by atoms with Gasteiger partial charge < -0.3 is 0 Å². The highest BCUT2D eigenvalue weighted by atomic mass is 33.5. The van der Waals surface area contributed by atoms with Crippen LogP contribution in [0.25, 0.3) is 0 Å². The summed E-state index contributed by atoms with van der Waals surface area (Å²) in [6.45, 7) is 0. The second-order valence-corrected chi connectivity index (χ2v) is 7.65. The Morgan fingerprint density at radius 2 is 1.78 bits per heavy atom. The summed E-state index contributed by atoms with van der Waals surface area (Å²) in [6.07, 6.45) is 5.15. The van der Waals surface area contributed by atoms with E-state index in [2.05, 4.69) is 9.97 Å². The van der Waals surface area contributed by atoms with Gasteiger partial charge in [0.2, 0.25) is 0 Å². The van der Waals surface area contributed by atoms with Crippen molar-refractivity contribution in [3.8, 4) is 0 Å². The van der Waals surface area contributed by atoms with Gasteiger partial charge in [-0.15, -0.1) is 0 Å². The molecule has 0 amide bonds. The minimum atomic E-state index is -0.187. The molecule has 1 aromatic heterocycles. The smallest absolute Gasteiger partial charge is 0.123 e. The highest BCUT2D eigenvalue weighted by Gasteiger charge is 1.98. The Hall–Kier alpha value is -0.720. The van der Waals surface area contributed by atoms with Crippen molar-refractivity contribution in [3.63, 3.8) is 0 Å². The van der Waals surface area contributed by atoms with Crippen molar-refractivity contribution in [1.82, 2.24) is 9.97 Å². The van der Waals surface area contributed by atoms with Gasteiger partial charge in [0.15, 0.2) is 0 Å². The largest absolute Gasteiger partial charge is 0.261 e. The van der Waals surface area contributed by atoms with Crippen molar-refractivity contribution >= 4 is 31.4 Å². The van der Waals surface area contributed by atoms with E-state index in [0.717, 1.165) is 22.8 Å². The van der Waals surface area contributed by atoms with E-state index in [1.807, 2.05) is 12.1 Å². The summed E-state index contributed by atoms with van der Waals surface area (Å²) < 4.78 is 12.7. The highest BCUT2D eigenvalue weighted by molar-refractivity contribution is 9.09. The fourth-order valence-corrected chi connectivity index (χ4v) is 4.70. The van der Waals surface area contributed by atoms with Crippen LogP contribution in [0.5, 0.6) is 0 Å². The molecule has 0 saturated carbocycles. The predicted octanol–water partition coefficient (Wildman–Crippen LogP) is 4.35. The van der Waals surface area contributed by atoms with Gasteiger partial charge in [0.05, 0.1) is 5.69 Å². The molecule has 0 aliphatic carbocycles. The van der Waals surface area contributed by atoms with Crippen molar-refractivity contribution in [2.24, 2.45) is 0 Å². The summed E-state index contributed by atoms with van der Waals surface area (Å²) in [5.41, 5.74) is 2.12. The minimum Gasteiger partial charge on any atom is -0.261 e. The van der Waals surface area contributed by atoms with Crippen molar-refractivity contribution < 1.29 is 4.39 Å². The number of hydrogen-bond acceptors (Lipinski definition) is 5. The standard InChI is InChI=1S/C12H11FN2S3/c13-11-3-1-10(2-4-11)8-16-18-17-9-12-7-14-5-6-15-12/h1-7H,8-9H2. The van der Waals surface area contributed by atoms with Crippen LogP contribution < -0.4 is 0 Å². The van der Waals surface area contributed by atoms with Gasteiger partial charge in [-0.1, -0.05) is 33.7 Å². The molecular weight excluding hydrogens is 287 g/mol. The molecule has 94 valence electrons. The molecule has 2 aromatic rings. The minimum absolute atomic E-state index is 0.187. The van der Waals surface area contributed by atoms with Crippen LogP contribution in [0.1, 0.15) is 11.3 Å². The molecule has 0 N–H and O–H groups in total. The summed E-state index contributed by atoms with van der Waals surface area (Å²) >= 11 is 0. The first kappa shape index (κ1) is 13.7. The zero-order chi connectivity index (χ0) is 12.6. The maximum absolute atomic E-state index is 12.7. The van der Waals surface area contributed by atoms with E-state index >= 15 is 0 Å². The van der Waals surface area contributed by atoms with Crippen molar-refractivity contribution in [2.75, 3.05) is 0 Å². The number of benzene rings is 1. The van der Waals surface area contributed by atoms with E-state index in [4.69, 9.17) is 0 Å². The van der Waals surface area contributed by atoms with Crippen LogP contribution in [0, 0.1) is 5.82 Å². The number of nitrogens with zero attached hydrogens (tertiary/aromatic N) is 2. The average molecular weight is 298 g/mol. The van der Waals surface area contributed by atoms with Gasteiger partial charge in [0.1, 0.15) is 5.82 Å². The van der Waals surface area contributed by atoms with E-state index < -0.39 is 0 Å². The topological polar surface area (TPSA) is 25.8 Å². The lowest BCUT2D eigenvalue weighted by molar-refractivity contribution is 0.627. The molecule has 0 aliphatic heterocycles. The number of aromatic nitrogens is 2. The van der Waals surface area contributed by atoms with Crippen LogP contribution in [0.15, 0.2) is 42.9 Å². The Morgan fingerprint density at radius 3 is 2.50 bits per heavy atom. The van der Waals surface area contributed by atoms with Crippen LogP contribution >= 0.6 is 31.4 Å². The molecule has 2 nitrogen and oxygen atoms in total. The number of hydrogen-bond donors (Lipinski definition) is 0. The van der Waals surface area contributed by atoms with Gasteiger partial charge >= 0.3 is 0 Å². The van der Waals surface area contributed by atoms with Gasteiger partial charge in [0, 0.05) is 30.1 Å². The number of halogens is 1. The van der Waals surface area contributed by atoms with Gasteiger partial charge in [-0.05, 0) is 27.5 Å². The summed E-state index contributed by atoms with van der Waals surface area (Å²) in [6, 6.07) is 6.62. The van der Waals surface area contributed by atoms with Crippen LogP contribution in [0.3, 0.4) is 0 Å². The molecule has 0 unspecified atom stereocenters. The van der Waals surface area contributed by atoms with Crippen LogP contribution in [-0.4, -0.2) is 9.97 Å². The first-order chi connectivity index (χ1) is 8.84. The lowest BCUT2D eigenvalue weighted by Crippen LogP contribution is -1.84. The molecule has 0 radical (unpaired) electrons. The SMILES string of the molecule is Fc1ccc(CSSSCc2cnccn2)cc1. The Balaban J connectivity index is 1.63. The monoisotopic (exact) mass is 298 g/mol. The fourth-order valence-electron chi connectivity index (χ4n) is 1.20. The van der Waals surface area contributed by atoms with Crippen molar-refractivity contribution in [1.29, 1.82) is 0 Å². The molecule has 2 rings (SSSR count). The lowest BCUT2D eigenvalue weighted by atomic mass is 10.2. The van der Waals surface area contributed by atoms with Gasteiger partial charge in [-0.2, -0.15) is 0 Å². The average Bonchev–Trinajstić information content (AvgIpc) is 2.42. The Bertz CT molecular complexity index is 465. The molecule has 18 heavy (non-hydrogen) atoms. The first-order valence-corrected chi connectivity index (χ1v) is 9.07. The first-order valence-electron chi connectivity index (χ1n) is 5.25. The van der Waals surface area contributed by atoms with E-state index in [9.17, 15) is 4.39 Å². The summed E-state index contributed by atoms with van der Waals surface area (Å²) in [5, 5.41) is 0. The molecular formula is C12H11FN2S3. The van der Waals surface area contributed by atoms with E-state index in [0.29, 0.717) is 0 Å². The van der Waals surface area contributed by atoms with Crippen molar-refractivity contribution in [3.05, 3.63) is 59.9 Å². The van der Waals surface area contributed by atoms with E-state index in [-0.39, 0.29) is 5.82 Å². The third-order valence-electron chi connectivity index (χ3n) is 2.06. The summed E-state index contributed by atoms with van der Waals surface area (Å²) in [7, 11) is 5.19. The van der Waals surface area contributed by atoms with Crippen LogP contribution in [0.2, 0.25) is 0 Å². The molecule has 0 saturated heterocycles. The number of rotatable bonds is 6. The van der Waals surface area contributed by atoms with Crippen LogP contribution in [0.4, 0.5) is 4.39 Å². The van der Waals surface area contributed by atoms with Gasteiger partial charge in [0.25, 0.3) is 0 Å². The Kier molecular flexibility index (Phi) is 5.83. The van der Waals surface area contributed by atoms with Crippen LogP contribution in [-0.2, 0) is 11.5 Å². The zero-order valence-electron chi connectivity index (χ0n) is 9.45. The molecule has 0 bridgehead atoms. The molecule has 6 heteroatoms. The maximum Gasteiger partial charge on any atom is 0.123 e. The Morgan fingerprint density at radius 1 is 1.00 bits per heavy atom. The van der Waals surface area contributed by atoms with Crippen molar-refractivity contribution in [2.45, 2.75) is 11.5 Å². The zero-order valence-corrected chi connectivity index (χ0v) is 11.9. The highest BCUT2D eigenvalue weighted by Crippen LogP contribution is 2.38. The molecule has 0 atom stereocenters. The van der Waals surface area contributed by atoms with Gasteiger partial charge in [-0.3, -0.25) is 9.97 Å². The third-order valence-corrected chi connectivity index (χ3v) is 6.13. The molecule has 1 aromatic carbocycles. The molecule has 0 aliphatic rings. The fraction of sp³-hybridized carbons (Fsp3) is 0.167. The predicted molar refractivity (Wildman–Crippen MR) is 78.6 cm³/mol. The molecule has 0 spiro atoms. The maximum atomic E-state index is 12.7. The van der Waals surface area contributed by atoms with Gasteiger partial charge in [-0.25, -0.2) is 4.39 Å². The second kappa shape index (κ2) is 7.66.